The molecule has 0 N–H and O–H groups in total. The third kappa shape index (κ3) is 1.03. The van der Waals surface area contributed by atoms with Crippen molar-refractivity contribution in [2.75, 3.05) is 10.7 Å². The van der Waals surface area contributed by atoms with Gasteiger partial charge in [-0.05, 0) is 84.9 Å². The van der Waals surface area contributed by atoms with Crippen LogP contribution in [0.3, 0.4) is 0 Å². The van der Waals surface area contributed by atoms with Crippen molar-refractivity contribution in [2.45, 2.75) is 49.1 Å². The lowest BCUT2D eigenvalue weighted by atomic mass is 9.72. The van der Waals surface area contributed by atoms with Crippen molar-refractivity contribution in [2.24, 2.45) is 59.2 Å². The summed E-state index contributed by atoms with van der Waals surface area (Å²) in [6, 6.07) is 0. The van der Waals surface area contributed by atoms with Gasteiger partial charge in [0.1, 0.15) is 0 Å². The fraction of sp³-hybridized carbons (Fsp3) is 1.00. The molecule has 4 heteroatoms. The minimum atomic E-state index is 0.195. The van der Waals surface area contributed by atoms with Crippen LogP contribution in [-0.2, 0) is 9.47 Å². The van der Waals surface area contributed by atoms with E-state index in [1.54, 1.807) is 0 Å². The predicted octanol–water partition coefficient (Wildman–Crippen LogP) is 3.86. The highest BCUT2D eigenvalue weighted by Crippen LogP contribution is 2.86. The van der Waals surface area contributed by atoms with Gasteiger partial charge in [-0.25, -0.2) is 0 Å². The summed E-state index contributed by atoms with van der Waals surface area (Å²) in [6.07, 6.45) is 6.61. The largest absolute Gasteiger partial charge is 0.370 e. The molecule has 0 aromatic carbocycles. The lowest BCUT2D eigenvalue weighted by molar-refractivity contribution is -0.105. The molecular weight excluding hydrogens is 432 g/mol. The van der Waals surface area contributed by atoms with E-state index in [-0.39, 0.29) is 11.2 Å². The van der Waals surface area contributed by atoms with E-state index in [0.717, 1.165) is 69.8 Å². The highest BCUT2D eigenvalue weighted by atomic mass is 79.9. The molecule has 6 aliphatic carbocycles. The van der Waals surface area contributed by atoms with E-state index in [4.69, 9.17) is 9.47 Å². The molecule has 2 nitrogen and oxygen atoms in total. The second-order valence-electron chi connectivity index (χ2n) is 10.4. The molecule has 2 heterocycles. The molecule has 0 bridgehead atoms. The van der Waals surface area contributed by atoms with Gasteiger partial charge in [-0.2, -0.15) is 0 Å². The van der Waals surface area contributed by atoms with Crippen LogP contribution in [0, 0.1) is 59.2 Å². The highest BCUT2D eigenvalue weighted by molar-refractivity contribution is 9.09. The minimum absolute atomic E-state index is 0.195. The molecule has 0 amide bonds. The molecule has 8 fully saturated rings. The zero-order valence-electron chi connectivity index (χ0n) is 13.7. The van der Waals surface area contributed by atoms with Gasteiger partial charge in [0, 0.05) is 10.7 Å². The number of ether oxygens (including phenoxy) is 2. The van der Waals surface area contributed by atoms with Crippen LogP contribution in [0.5, 0.6) is 0 Å². The van der Waals surface area contributed by atoms with Gasteiger partial charge in [0.25, 0.3) is 0 Å². The van der Waals surface area contributed by atoms with E-state index < -0.39 is 0 Å². The van der Waals surface area contributed by atoms with E-state index in [1.165, 1.54) is 25.7 Å². The van der Waals surface area contributed by atoms with Gasteiger partial charge in [-0.3, -0.25) is 0 Å². The van der Waals surface area contributed by atoms with Gasteiger partial charge in [0.15, 0.2) is 0 Å². The van der Waals surface area contributed by atoms with E-state index in [2.05, 4.69) is 31.9 Å². The lowest BCUT2D eigenvalue weighted by Gasteiger charge is -2.39. The first kappa shape index (κ1) is 14.0. The van der Waals surface area contributed by atoms with Crippen molar-refractivity contribution in [3.05, 3.63) is 0 Å². The molecule has 0 radical (unpaired) electrons. The summed E-state index contributed by atoms with van der Waals surface area (Å²) in [5, 5.41) is 2.19. The maximum atomic E-state index is 7.06. The average molecular weight is 456 g/mol. The molecule has 2 saturated heterocycles. The van der Waals surface area contributed by atoms with Crippen molar-refractivity contribution in [3.63, 3.8) is 0 Å². The molecule has 2 aliphatic heterocycles. The molecule has 0 aromatic heterocycles. The molecular formula is C20H24Br2O2. The molecule has 6 saturated carbocycles. The van der Waals surface area contributed by atoms with Gasteiger partial charge >= 0.3 is 0 Å². The van der Waals surface area contributed by atoms with Crippen LogP contribution in [0.1, 0.15) is 25.7 Å². The van der Waals surface area contributed by atoms with Gasteiger partial charge in [0.05, 0.1) is 23.4 Å². The third-order valence-corrected chi connectivity index (χ3v) is 12.4. The number of halogens is 2. The SMILES string of the molecule is BrC[C@]12O[C@H]3CC[C@H]4[C@@H]3[C@@H]1[C@@H]1[C@H]3[C@H]5[C@@H]6[C@@H](CC[C@H]6O[C@@]5(CBr)[C@@H]41)[C@H]32. The summed E-state index contributed by atoms with van der Waals surface area (Å²) < 4.78 is 14.1. The Balaban J connectivity index is 1.44. The molecule has 0 spiro atoms. The first-order chi connectivity index (χ1) is 11.8. The second kappa shape index (κ2) is 3.86. The summed E-state index contributed by atoms with van der Waals surface area (Å²) >= 11 is 7.98. The first-order valence-corrected chi connectivity index (χ1v) is 12.5. The molecule has 130 valence electrons. The first-order valence-electron chi connectivity index (χ1n) is 10.2. The van der Waals surface area contributed by atoms with E-state index in [9.17, 15) is 0 Å². The van der Waals surface area contributed by atoms with Crippen LogP contribution < -0.4 is 0 Å². The number of hydrogen-bond donors (Lipinski definition) is 0. The highest BCUT2D eigenvalue weighted by Gasteiger charge is 2.89. The Hall–Kier alpha value is 0.880. The van der Waals surface area contributed by atoms with Crippen molar-refractivity contribution in [1.82, 2.24) is 0 Å². The van der Waals surface area contributed by atoms with Crippen LogP contribution in [0.25, 0.3) is 0 Å². The van der Waals surface area contributed by atoms with Crippen molar-refractivity contribution < 1.29 is 9.47 Å². The Bertz CT molecular complexity index is 614. The Labute approximate surface area is 160 Å². The number of fused-ring (bicyclic) bond motifs is 4. The molecule has 0 unspecified atom stereocenters. The zero-order valence-corrected chi connectivity index (χ0v) is 16.9. The normalized spacial score (nSPS) is 77.2. The topological polar surface area (TPSA) is 18.5 Å². The van der Waals surface area contributed by atoms with Gasteiger partial charge < -0.3 is 9.47 Å². The van der Waals surface area contributed by atoms with Gasteiger partial charge in [-0.15, -0.1) is 0 Å². The van der Waals surface area contributed by atoms with Crippen LogP contribution in [0.4, 0.5) is 0 Å². The van der Waals surface area contributed by atoms with E-state index in [1.807, 2.05) is 0 Å². The standard InChI is InChI=1S/C20H24Br2O2/c21-5-19-15-7-1-3-9-11(7)17-13(15)14-16(20(17,6-22)23-9)8-2-4-10(24-19)12(8)18(14)19/h7-18H,1-6H2/t7-,8+,9-,10+,11-,12+,13-,14-,15-,16+,17-,18-,19-,20+/m1/s1. The maximum absolute atomic E-state index is 7.06. The van der Waals surface area contributed by atoms with Crippen LogP contribution >= 0.6 is 31.9 Å². The molecule has 14 atom stereocenters. The molecule has 24 heavy (non-hydrogen) atoms. The van der Waals surface area contributed by atoms with Gasteiger partial charge in [-0.1, -0.05) is 31.9 Å². The Morgan fingerprint density at radius 3 is 1.50 bits per heavy atom. The van der Waals surface area contributed by atoms with Crippen molar-refractivity contribution >= 4 is 31.9 Å². The Kier molecular flexibility index (Phi) is 2.25. The van der Waals surface area contributed by atoms with E-state index >= 15 is 0 Å². The van der Waals surface area contributed by atoms with Crippen LogP contribution in [0.2, 0.25) is 0 Å². The molecule has 0 aromatic rings. The number of hydrogen-bond acceptors (Lipinski definition) is 2. The van der Waals surface area contributed by atoms with E-state index in [0.29, 0.717) is 12.2 Å². The summed E-state index contributed by atoms with van der Waals surface area (Å²) in [6.45, 7) is 0. The summed E-state index contributed by atoms with van der Waals surface area (Å²) in [5.74, 6) is 8.72. The Morgan fingerprint density at radius 2 is 1.08 bits per heavy atom. The number of alkyl halides is 2. The fourth-order valence-corrected chi connectivity index (χ4v) is 12.8. The maximum Gasteiger partial charge on any atom is 0.0850 e. The predicted molar refractivity (Wildman–Crippen MR) is 96.2 cm³/mol. The monoisotopic (exact) mass is 454 g/mol. The fourth-order valence-electron chi connectivity index (χ4n) is 11.1. The zero-order chi connectivity index (χ0) is 15.6. The van der Waals surface area contributed by atoms with Crippen molar-refractivity contribution in [3.8, 4) is 0 Å². The van der Waals surface area contributed by atoms with Crippen LogP contribution in [0.15, 0.2) is 0 Å². The third-order valence-electron chi connectivity index (χ3n) is 10.7. The van der Waals surface area contributed by atoms with Crippen molar-refractivity contribution in [1.29, 1.82) is 0 Å². The average Bonchev–Trinajstić information content (AvgIpc) is 3.36. The summed E-state index contributed by atoms with van der Waals surface area (Å²) in [7, 11) is 0. The lowest BCUT2D eigenvalue weighted by Crippen LogP contribution is -2.46. The summed E-state index contributed by atoms with van der Waals surface area (Å²) in [4.78, 5) is 0. The van der Waals surface area contributed by atoms with Crippen LogP contribution in [-0.4, -0.2) is 34.1 Å². The summed E-state index contributed by atoms with van der Waals surface area (Å²) in [5.41, 5.74) is 0.390. The minimum Gasteiger partial charge on any atom is -0.370 e. The van der Waals surface area contributed by atoms with Gasteiger partial charge in [0.2, 0.25) is 0 Å². The number of rotatable bonds is 2. The molecule has 8 aliphatic rings. The Morgan fingerprint density at radius 1 is 0.625 bits per heavy atom. The second-order valence-corrected chi connectivity index (χ2v) is 11.5. The molecule has 8 rings (SSSR count). The quantitative estimate of drug-likeness (QED) is 0.588. The smallest absolute Gasteiger partial charge is 0.0850 e.